The maximum absolute atomic E-state index is 13.3. The Morgan fingerprint density at radius 1 is 0.971 bits per heavy atom. The molecule has 0 saturated heterocycles. The number of amides is 1. The van der Waals surface area contributed by atoms with Crippen molar-refractivity contribution in [1.82, 2.24) is 4.57 Å². The lowest BCUT2D eigenvalue weighted by molar-refractivity contribution is -0.124. The van der Waals surface area contributed by atoms with Crippen LogP contribution in [0.2, 0.25) is 0 Å². The molecule has 5 heteroatoms. The number of nitrogens with one attached hydrogen (secondary N) is 1. The number of benzene rings is 2. The lowest BCUT2D eigenvalue weighted by Gasteiger charge is -2.56. The van der Waals surface area contributed by atoms with Gasteiger partial charge in [-0.25, -0.2) is 0 Å². The number of nitrogens with zero attached hydrogens (tertiary/aromatic N) is 1. The molecule has 1 heterocycles. The molecule has 4 bridgehead atoms. The number of carbonyl (C=O) groups is 1. The zero-order chi connectivity index (χ0) is 23.3. The Morgan fingerprint density at radius 2 is 1.65 bits per heavy atom. The molecule has 1 aromatic heterocycles. The molecule has 3 aromatic rings. The van der Waals surface area contributed by atoms with E-state index < -0.39 is 0 Å². The molecule has 4 aliphatic rings. The van der Waals surface area contributed by atoms with Crippen LogP contribution >= 0.6 is 0 Å². The Balaban J connectivity index is 1.25. The highest BCUT2D eigenvalue weighted by Crippen LogP contribution is 2.61. The summed E-state index contributed by atoms with van der Waals surface area (Å²) in [6, 6.07) is 17.0. The van der Waals surface area contributed by atoms with Crippen LogP contribution < -0.4 is 15.6 Å². The first-order chi connectivity index (χ1) is 16.5. The summed E-state index contributed by atoms with van der Waals surface area (Å²) in [6.45, 7) is 0.463. The van der Waals surface area contributed by atoms with E-state index in [9.17, 15) is 9.59 Å². The molecule has 0 atom stereocenters. The number of fused-ring (bicyclic) bond motifs is 1. The van der Waals surface area contributed by atoms with Crippen LogP contribution in [0.3, 0.4) is 0 Å². The van der Waals surface area contributed by atoms with Crippen molar-refractivity contribution in [3.63, 3.8) is 0 Å². The average Bonchev–Trinajstić information content (AvgIpc) is 2.80. The number of carbonyl (C=O) groups excluding carboxylic acids is 1. The summed E-state index contributed by atoms with van der Waals surface area (Å²) in [5.74, 6) is 3.41. The van der Waals surface area contributed by atoms with E-state index in [2.05, 4.69) is 5.32 Å². The molecule has 0 radical (unpaired) electrons. The normalized spacial score (nSPS) is 27.1. The Hall–Kier alpha value is -3.08. The molecule has 34 heavy (non-hydrogen) atoms. The average molecular weight is 457 g/mol. The predicted molar refractivity (Wildman–Crippen MR) is 134 cm³/mol. The highest BCUT2D eigenvalue weighted by atomic mass is 16.5. The molecule has 4 saturated carbocycles. The molecule has 2 aromatic carbocycles. The second-order valence-corrected chi connectivity index (χ2v) is 11.0. The van der Waals surface area contributed by atoms with Gasteiger partial charge >= 0.3 is 0 Å². The van der Waals surface area contributed by atoms with Gasteiger partial charge in [0, 0.05) is 17.9 Å². The lowest BCUT2D eigenvalue weighted by Crippen LogP contribution is -2.47. The Kier molecular flexibility index (Phi) is 5.23. The summed E-state index contributed by atoms with van der Waals surface area (Å²) in [6.07, 6.45) is 8.45. The Labute approximate surface area is 200 Å². The summed E-state index contributed by atoms with van der Waals surface area (Å²) in [5.41, 5.74) is 2.79. The minimum atomic E-state index is -0.0552. The van der Waals surface area contributed by atoms with Gasteiger partial charge in [0.25, 0.3) is 5.56 Å². The molecule has 4 aliphatic carbocycles. The van der Waals surface area contributed by atoms with E-state index in [0.29, 0.717) is 13.0 Å². The number of methoxy groups -OCH3 is 1. The van der Waals surface area contributed by atoms with E-state index in [1.54, 1.807) is 17.7 Å². The fraction of sp³-hybridized carbons (Fsp3) is 0.448. The largest absolute Gasteiger partial charge is 0.497 e. The zero-order valence-corrected chi connectivity index (χ0v) is 19.8. The summed E-state index contributed by atoms with van der Waals surface area (Å²) >= 11 is 0. The van der Waals surface area contributed by atoms with Crippen LogP contribution in [-0.2, 0) is 11.3 Å². The highest BCUT2D eigenvalue weighted by molar-refractivity contribution is 6.01. The van der Waals surface area contributed by atoms with E-state index in [1.165, 1.54) is 38.5 Å². The van der Waals surface area contributed by atoms with Crippen LogP contribution in [0.15, 0.2) is 59.4 Å². The van der Waals surface area contributed by atoms with Crippen LogP contribution in [0, 0.1) is 23.2 Å². The van der Waals surface area contributed by atoms with Crippen LogP contribution in [0.4, 0.5) is 5.69 Å². The maximum atomic E-state index is 13.3. The van der Waals surface area contributed by atoms with Gasteiger partial charge in [0.05, 0.1) is 24.9 Å². The molecular weight excluding hydrogens is 424 g/mol. The van der Waals surface area contributed by atoms with Gasteiger partial charge in [-0.05, 0) is 97.6 Å². The van der Waals surface area contributed by atoms with Gasteiger partial charge in [-0.1, -0.05) is 18.2 Å². The fourth-order valence-electron chi connectivity index (χ4n) is 7.55. The Morgan fingerprint density at radius 3 is 2.29 bits per heavy atom. The van der Waals surface area contributed by atoms with E-state index in [1.807, 2.05) is 48.5 Å². The summed E-state index contributed by atoms with van der Waals surface area (Å²) in [5, 5.41) is 4.11. The number of pyridine rings is 1. The number of hydrogen-bond donors (Lipinski definition) is 1. The number of anilines is 1. The molecule has 0 unspecified atom stereocenters. The molecule has 7 rings (SSSR count). The van der Waals surface area contributed by atoms with Gasteiger partial charge in [0.15, 0.2) is 0 Å². The van der Waals surface area contributed by atoms with Crippen molar-refractivity contribution < 1.29 is 9.53 Å². The van der Waals surface area contributed by atoms with Crippen LogP contribution in [0.5, 0.6) is 5.75 Å². The molecule has 1 amide bonds. The summed E-state index contributed by atoms with van der Waals surface area (Å²) in [4.78, 5) is 26.0. The minimum Gasteiger partial charge on any atom is -0.497 e. The topological polar surface area (TPSA) is 60.3 Å². The van der Waals surface area contributed by atoms with Crippen molar-refractivity contribution >= 4 is 22.5 Å². The third-order valence-electron chi connectivity index (χ3n) is 8.51. The molecule has 176 valence electrons. The monoisotopic (exact) mass is 456 g/mol. The van der Waals surface area contributed by atoms with Gasteiger partial charge in [-0.15, -0.1) is 0 Å². The molecule has 0 spiro atoms. The van der Waals surface area contributed by atoms with Gasteiger partial charge in [0.2, 0.25) is 5.91 Å². The minimum absolute atomic E-state index is 0.0552. The molecular formula is C29H32N2O3. The van der Waals surface area contributed by atoms with Crippen molar-refractivity contribution in [2.45, 2.75) is 51.5 Å². The third kappa shape index (κ3) is 3.91. The first-order valence-electron chi connectivity index (χ1n) is 12.6. The second-order valence-electron chi connectivity index (χ2n) is 11.0. The van der Waals surface area contributed by atoms with Crippen molar-refractivity contribution in [1.29, 1.82) is 0 Å². The van der Waals surface area contributed by atoms with Crippen LogP contribution in [-0.4, -0.2) is 17.6 Å². The fourth-order valence-corrected chi connectivity index (χ4v) is 7.55. The number of ether oxygens (including phenoxy) is 1. The van der Waals surface area contributed by atoms with E-state index >= 15 is 0 Å². The quantitative estimate of drug-likeness (QED) is 0.525. The van der Waals surface area contributed by atoms with Crippen molar-refractivity contribution in [2.24, 2.45) is 23.2 Å². The third-order valence-corrected chi connectivity index (χ3v) is 8.51. The summed E-state index contributed by atoms with van der Waals surface area (Å²) in [7, 11) is 1.64. The number of rotatable bonds is 6. The van der Waals surface area contributed by atoms with Gasteiger partial charge in [-0.2, -0.15) is 0 Å². The van der Waals surface area contributed by atoms with Gasteiger partial charge in [0.1, 0.15) is 5.75 Å². The number of hydrogen-bond acceptors (Lipinski definition) is 3. The van der Waals surface area contributed by atoms with Gasteiger partial charge < -0.3 is 14.6 Å². The number of aromatic nitrogens is 1. The van der Waals surface area contributed by atoms with Crippen LogP contribution in [0.25, 0.3) is 10.9 Å². The molecule has 0 aliphatic heterocycles. The van der Waals surface area contributed by atoms with E-state index in [-0.39, 0.29) is 16.9 Å². The molecule has 4 fully saturated rings. The van der Waals surface area contributed by atoms with E-state index in [0.717, 1.165) is 45.7 Å². The predicted octanol–water partition coefficient (Wildman–Crippen LogP) is 5.60. The maximum Gasteiger partial charge on any atom is 0.251 e. The lowest BCUT2D eigenvalue weighted by atomic mass is 9.49. The smallest absolute Gasteiger partial charge is 0.251 e. The first kappa shape index (κ1) is 21.5. The summed E-state index contributed by atoms with van der Waals surface area (Å²) < 4.78 is 7.01. The second kappa shape index (κ2) is 8.30. The highest BCUT2D eigenvalue weighted by Gasteiger charge is 2.51. The van der Waals surface area contributed by atoms with Crippen molar-refractivity contribution in [3.05, 3.63) is 70.5 Å². The van der Waals surface area contributed by atoms with E-state index in [4.69, 9.17) is 4.74 Å². The molecule has 1 N–H and O–H groups in total. The van der Waals surface area contributed by atoms with Gasteiger partial charge in [-0.3, -0.25) is 9.59 Å². The Bertz CT molecular complexity index is 1260. The van der Waals surface area contributed by atoms with Crippen molar-refractivity contribution in [2.75, 3.05) is 12.4 Å². The zero-order valence-electron chi connectivity index (χ0n) is 19.8. The first-order valence-corrected chi connectivity index (χ1v) is 12.6. The standard InChI is InChI=1S/C29H32N2O3/c1-34-23-7-5-19(6-8-23)18-31-26-4-2-3-25(24(26)9-10-28(31)33)30-27(32)17-29-14-20-11-21(15-29)13-22(12-20)16-29/h2-10,20-22H,11-18H2,1H3,(H,30,32). The SMILES string of the molecule is COc1ccc(Cn2c(=O)ccc3c(NC(=O)CC45CC6CC(CC(C6)C4)C5)cccc32)cc1. The van der Waals surface area contributed by atoms with Crippen LogP contribution in [0.1, 0.15) is 50.5 Å². The molecule has 5 nitrogen and oxygen atoms in total. The van der Waals surface area contributed by atoms with Crippen molar-refractivity contribution in [3.8, 4) is 5.75 Å².